The normalized spacial score (nSPS) is 15.7. The number of nitrogens with one attached hydrogen (secondary N) is 3. The molecule has 0 aromatic carbocycles. The van der Waals surface area contributed by atoms with Gasteiger partial charge in [0.25, 0.3) is 0 Å². The molecule has 6 nitrogen and oxygen atoms in total. The molecule has 6 heteroatoms. The monoisotopic (exact) mass is 236 g/mol. The van der Waals surface area contributed by atoms with Crippen LogP contribution in [0, 0.1) is 0 Å². The van der Waals surface area contributed by atoms with Gasteiger partial charge in [-0.05, 0) is 14.1 Å². The maximum atomic E-state index is 4.20. The average Bonchev–Trinajstić information content (AvgIpc) is 2.24. The molecule has 0 atom stereocenters. The highest BCUT2D eigenvalue weighted by molar-refractivity contribution is 5.47. The van der Waals surface area contributed by atoms with E-state index in [1.807, 2.05) is 6.07 Å². The summed E-state index contributed by atoms with van der Waals surface area (Å²) in [5.74, 6) is 1.76. The van der Waals surface area contributed by atoms with Gasteiger partial charge in [0, 0.05) is 32.2 Å². The third kappa shape index (κ3) is 3.83. The zero-order valence-corrected chi connectivity index (χ0v) is 10.4. The Labute approximate surface area is 102 Å². The lowest BCUT2D eigenvalue weighted by molar-refractivity contribution is 0.425. The molecule has 0 unspecified atom stereocenters. The number of nitrogens with zero attached hydrogens (tertiary/aromatic N) is 3. The summed E-state index contributed by atoms with van der Waals surface area (Å²) in [7, 11) is 4.11. The summed E-state index contributed by atoms with van der Waals surface area (Å²) in [6.07, 6.45) is 1.59. The second-order valence-corrected chi connectivity index (χ2v) is 4.52. The lowest BCUT2D eigenvalue weighted by Crippen LogP contribution is -2.51. The number of aromatic nitrogens is 2. The molecular weight excluding hydrogens is 216 g/mol. The first-order valence-corrected chi connectivity index (χ1v) is 5.92. The van der Waals surface area contributed by atoms with Gasteiger partial charge in [-0.25, -0.2) is 9.97 Å². The summed E-state index contributed by atoms with van der Waals surface area (Å²) >= 11 is 0. The van der Waals surface area contributed by atoms with Gasteiger partial charge in [-0.2, -0.15) is 0 Å². The van der Waals surface area contributed by atoms with Gasteiger partial charge in [0.15, 0.2) is 0 Å². The SMILES string of the molecule is CN(C)CCNc1cc(NC2CNC2)ncn1. The minimum atomic E-state index is 0.500. The van der Waals surface area contributed by atoms with Crippen molar-refractivity contribution >= 4 is 11.6 Å². The lowest BCUT2D eigenvalue weighted by atomic mass is 10.2. The maximum Gasteiger partial charge on any atom is 0.131 e. The van der Waals surface area contributed by atoms with E-state index in [-0.39, 0.29) is 0 Å². The van der Waals surface area contributed by atoms with Crippen molar-refractivity contribution in [2.24, 2.45) is 0 Å². The molecule has 1 aliphatic rings. The highest BCUT2D eigenvalue weighted by Gasteiger charge is 2.16. The molecule has 1 aromatic rings. The number of hydrogen-bond acceptors (Lipinski definition) is 6. The fraction of sp³-hybridized carbons (Fsp3) is 0.636. The predicted molar refractivity (Wildman–Crippen MR) is 69.4 cm³/mol. The standard InChI is InChI=1S/C11H20N6/c1-17(2)4-3-13-10-5-11(15-8-14-10)16-9-6-12-7-9/h5,8-9,12H,3-4,6-7H2,1-2H3,(H2,13,14,15,16). The van der Waals surface area contributed by atoms with Crippen molar-refractivity contribution in [3.05, 3.63) is 12.4 Å². The third-order valence-corrected chi connectivity index (χ3v) is 2.67. The molecule has 94 valence electrons. The van der Waals surface area contributed by atoms with E-state index in [0.29, 0.717) is 6.04 Å². The van der Waals surface area contributed by atoms with Gasteiger partial charge in [-0.15, -0.1) is 0 Å². The molecule has 0 bridgehead atoms. The molecule has 3 N–H and O–H groups in total. The fourth-order valence-corrected chi connectivity index (χ4v) is 1.54. The minimum absolute atomic E-state index is 0.500. The van der Waals surface area contributed by atoms with E-state index >= 15 is 0 Å². The van der Waals surface area contributed by atoms with Gasteiger partial charge in [-0.3, -0.25) is 0 Å². The van der Waals surface area contributed by atoms with Crippen LogP contribution in [0.25, 0.3) is 0 Å². The van der Waals surface area contributed by atoms with Gasteiger partial charge in [0.05, 0.1) is 6.04 Å². The minimum Gasteiger partial charge on any atom is -0.369 e. The number of anilines is 2. The molecule has 0 amide bonds. The van der Waals surface area contributed by atoms with E-state index in [2.05, 4.69) is 44.9 Å². The summed E-state index contributed by atoms with van der Waals surface area (Å²) in [6.45, 7) is 3.88. The second kappa shape index (κ2) is 5.79. The first kappa shape index (κ1) is 12.1. The van der Waals surface area contributed by atoms with Crippen LogP contribution < -0.4 is 16.0 Å². The molecule has 2 heterocycles. The molecule has 17 heavy (non-hydrogen) atoms. The zero-order valence-electron chi connectivity index (χ0n) is 10.4. The lowest BCUT2D eigenvalue weighted by Gasteiger charge is -2.28. The van der Waals surface area contributed by atoms with Gasteiger partial charge in [-0.1, -0.05) is 0 Å². The van der Waals surface area contributed by atoms with Crippen molar-refractivity contribution in [3.63, 3.8) is 0 Å². The highest BCUT2D eigenvalue weighted by atomic mass is 15.1. The first-order valence-electron chi connectivity index (χ1n) is 5.92. The van der Waals surface area contributed by atoms with Crippen LogP contribution in [-0.4, -0.2) is 61.2 Å². The van der Waals surface area contributed by atoms with Gasteiger partial charge < -0.3 is 20.9 Å². The molecule has 0 radical (unpaired) electrons. The Morgan fingerprint density at radius 2 is 2.12 bits per heavy atom. The first-order chi connectivity index (χ1) is 8.24. The molecule has 0 saturated carbocycles. The maximum absolute atomic E-state index is 4.20. The Morgan fingerprint density at radius 3 is 2.76 bits per heavy atom. The topological polar surface area (TPSA) is 65.1 Å². The molecule has 0 aliphatic carbocycles. The van der Waals surface area contributed by atoms with Crippen molar-refractivity contribution in [3.8, 4) is 0 Å². The largest absolute Gasteiger partial charge is 0.369 e. The van der Waals surface area contributed by atoms with Crippen LogP contribution >= 0.6 is 0 Å². The van der Waals surface area contributed by atoms with Crippen LogP contribution in [0.4, 0.5) is 11.6 Å². The van der Waals surface area contributed by atoms with Crippen molar-refractivity contribution in [2.45, 2.75) is 6.04 Å². The van der Waals surface area contributed by atoms with E-state index in [9.17, 15) is 0 Å². The van der Waals surface area contributed by atoms with Crippen LogP contribution in [0.15, 0.2) is 12.4 Å². The molecule has 1 fully saturated rings. The Kier molecular flexibility index (Phi) is 4.11. The number of rotatable bonds is 6. The summed E-state index contributed by atoms with van der Waals surface area (Å²) in [5.41, 5.74) is 0. The highest BCUT2D eigenvalue weighted by Crippen LogP contribution is 2.10. The Morgan fingerprint density at radius 1 is 1.35 bits per heavy atom. The molecule has 1 saturated heterocycles. The summed E-state index contributed by atoms with van der Waals surface area (Å²) in [5, 5.41) is 9.85. The molecule has 2 rings (SSSR count). The summed E-state index contributed by atoms with van der Waals surface area (Å²) < 4.78 is 0. The number of likely N-dealkylation sites (N-methyl/N-ethyl adjacent to an activating group) is 1. The Balaban J connectivity index is 1.82. The van der Waals surface area contributed by atoms with Gasteiger partial charge in [0.2, 0.25) is 0 Å². The van der Waals surface area contributed by atoms with E-state index in [1.165, 1.54) is 0 Å². The number of hydrogen-bond donors (Lipinski definition) is 3. The van der Waals surface area contributed by atoms with Crippen LogP contribution in [-0.2, 0) is 0 Å². The van der Waals surface area contributed by atoms with Crippen LogP contribution in [0.5, 0.6) is 0 Å². The molecular formula is C11H20N6. The summed E-state index contributed by atoms with van der Waals surface area (Å²) in [6, 6.07) is 2.45. The van der Waals surface area contributed by atoms with Crippen molar-refractivity contribution in [2.75, 3.05) is 50.9 Å². The van der Waals surface area contributed by atoms with Crippen molar-refractivity contribution < 1.29 is 0 Å². The van der Waals surface area contributed by atoms with Crippen LogP contribution in [0.3, 0.4) is 0 Å². The third-order valence-electron chi connectivity index (χ3n) is 2.67. The quantitative estimate of drug-likeness (QED) is 0.637. The van der Waals surface area contributed by atoms with Crippen LogP contribution in [0.1, 0.15) is 0 Å². The predicted octanol–water partition coefficient (Wildman–Crippen LogP) is -0.166. The zero-order chi connectivity index (χ0) is 12.1. The van der Waals surface area contributed by atoms with Gasteiger partial charge >= 0.3 is 0 Å². The molecule has 1 aliphatic heterocycles. The van der Waals surface area contributed by atoms with E-state index < -0.39 is 0 Å². The molecule has 1 aromatic heterocycles. The smallest absolute Gasteiger partial charge is 0.131 e. The summed E-state index contributed by atoms with van der Waals surface area (Å²) in [4.78, 5) is 10.5. The second-order valence-electron chi connectivity index (χ2n) is 4.52. The molecule has 0 spiro atoms. The van der Waals surface area contributed by atoms with E-state index in [0.717, 1.165) is 37.8 Å². The van der Waals surface area contributed by atoms with Crippen LogP contribution in [0.2, 0.25) is 0 Å². The van der Waals surface area contributed by atoms with E-state index in [4.69, 9.17) is 0 Å². The van der Waals surface area contributed by atoms with E-state index in [1.54, 1.807) is 6.33 Å². The average molecular weight is 236 g/mol. The van der Waals surface area contributed by atoms with Crippen molar-refractivity contribution in [1.29, 1.82) is 0 Å². The Bertz CT molecular complexity index is 350. The Hall–Kier alpha value is -1.40. The van der Waals surface area contributed by atoms with Crippen molar-refractivity contribution in [1.82, 2.24) is 20.2 Å². The van der Waals surface area contributed by atoms with Gasteiger partial charge in [0.1, 0.15) is 18.0 Å². The fourth-order valence-electron chi connectivity index (χ4n) is 1.54.